The topological polar surface area (TPSA) is 55.2 Å². The molecule has 0 atom stereocenters. The summed E-state index contributed by atoms with van der Waals surface area (Å²) in [5.74, 6) is 0. The lowest BCUT2D eigenvalue weighted by atomic mass is 9.76. The minimum absolute atomic E-state index is 0.156. The molecule has 0 aromatic heterocycles. The number of rotatable bonds is 5. The van der Waals surface area contributed by atoms with Gasteiger partial charge >= 0.3 is 0 Å². The molecular weight excluding hydrogens is 240 g/mol. The monoisotopic (exact) mass is 262 g/mol. The van der Waals surface area contributed by atoms with E-state index >= 15 is 0 Å². The predicted molar refractivity (Wildman–Crippen MR) is 76.0 cm³/mol. The van der Waals surface area contributed by atoms with Crippen molar-refractivity contribution in [1.29, 1.82) is 0 Å². The molecule has 1 aromatic rings. The highest BCUT2D eigenvalue weighted by atomic mass is 16.6. The van der Waals surface area contributed by atoms with Crippen LogP contribution in [0.2, 0.25) is 0 Å². The van der Waals surface area contributed by atoms with E-state index in [9.17, 15) is 10.1 Å². The Morgan fingerprint density at radius 2 is 1.84 bits per heavy atom. The first-order valence-corrected chi connectivity index (χ1v) is 7.03. The largest absolute Gasteiger partial charge is 0.312 e. The van der Waals surface area contributed by atoms with Gasteiger partial charge in [-0.25, -0.2) is 0 Å². The second kappa shape index (κ2) is 6.15. The Balaban J connectivity index is 1.80. The molecule has 0 aliphatic heterocycles. The third-order valence-electron chi connectivity index (χ3n) is 4.09. The number of nitro groups is 1. The molecule has 4 nitrogen and oxygen atoms in total. The lowest BCUT2D eigenvalue weighted by molar-refractivity contribution is -0.384. The number of non-ortho nitro benzene ring substituents is 1. The Morgan fingerprint density at radius 3 is 2.42 bits per heavy atom. The Labute approximate surface area is 114 Å². The molecule has 2 rings (SSSR count). The van der Waals surface area contributed by atoms with Crippen molar-refractivity contribution >= 4 is 5.69 Å². The van der Waals surface area contributed by atoms with E-state index in [1.807, 2.05) is 12.1 Å². The number of nitrogens with one attached hydrogen (secondary N) is 1. The molecule has 1 saturated carbocycles. The van der Waals surface area contributed by atoms with Gasteiger partial charge in [0.15, 0.2) is 0 Å². The Morgan fingerprint density at radius 1 is 1.21 bits per heavy atom. The fourth-order valence-electron chi connectivity index (χ4n) is 2.83. The van der Waals surface area contributed by atoms with Crippen LogP contribution in [0.4, 0.5) is 5.69 Å². The first kappa shape index (κ1) is 14.0. The third-order valence-corrected chi connectivity index (χ3v) is 4.09. The van der Waals surface area contributed by atoms with Gasteiger partial charge in [0.25, 0.3) is 5.69 Å². The van der Waals surface area contributed by atoms with Crippen molar-refractivity contribution in [1.82, 2.24) is 5.32 Å². The molecule has 1 fully saturated rings. The zero-order chi connectivity index (χ0) is 13.7. The summed E-state index contributed by atoms with van der Waals surface area (Å²) >= 11 is 0. The number of nitrogens with zero attached hydrogens (tertiary/aromatic N) is 1. The molecule has 0 unspecified atom stereocenters. The van der Waals surface area contributed by atoms with E-state index in [-0.39, 0.29) is 10.6 Å². The first-order valence-electron chi connectivity index (χ1n) is 7.03. The molecule has 0 amide bonds. The number of benzene rings is 1. The van der Waals surface area contributed by atoms with Crippen molar-refractivity contribution in [3.8, 4) is 0 Å². The summed E-state index contributed by atoms with van der Waals surface area (Å²) in [7, 11) is 0. The van der Waals surface area contributed by atoms with Gasteiger partial charge in [-0.1, -0.05) is 38.3 Å². The van der Waals surface area contributed by atoms with Crippen LogP contribution >= 0.6 is 0 Å². The van der Waals surface area contributed by atoms with Crippen LogP contribution in [-0.4, -0.2) is 11.5 Å². The van der Waals surface area contributed by atoms with E-state index in [0.29, 0.717) is 5.41 Å². The fraction of sp³-hybridized carbons (Fsp3) is 0.600. The lowest BCUT2D eigenvalue weighted by Crippen LogP contribution is -2.33. The van der Waals surface area contributed by atoms with Crippen molar-refractivity contribution in [2.75, 3.05) is 6.54 Å². The molecule has 0 radical (unpaired) electrons. The number of hydrogen-bond acceptors (Lipinski definition) is 3. The first-order chi connectivity index (χ1) is 9.09. The van der Waals surface area contributed by atoms with Crippen LogP contribution in [0.5, 0.6) is 0 Å². The zero-order valence-corrected chi connectivity index (χ0v) is 11.5. The van der Waals surface area contributed by atoms with Gasteiger partial charge in [-0.15, -0.1) is 0 Å². The summed E-state index contributed by atoms with van der Waals surface area (Å²) in [6.07, 6.45) is 6.67. The molecule has 1 aliphatic rings. The molecular formula is C15H22N2O2. The van der Waals surface area contributed by atoms with E-state index in [2.05, 4.69) is 12.2 Å². The molecule has 0 saturated heterocycles. The molecule has 1 N–H and O–H groups in total. The van der Waals surface area contributed by atoms with Gasteiger partial charge < -0.3 is 5.32 Å². The highest BCUT2D eigenvalue weighted by Crippen LogP contribution is 2.34. The normalized spacial score (nSPS) is 18.2. The van der Waals surface area contributed by atoms with Crippen LogP contribution in [0.25, 0.3) is 0 Å². The molecule has 0 bridgehead atoms. The SMILES string of the molecule is CC1(CNCc2ccc([N+](=O)[O-])cc2)CCCCC1. The Bertz CT molecular complexity index is 422. The van der Waals surface area contributed by atoms with Crippen molar-refractivity contribution < 1.29 is 4.92 Å². The van der Waals surface area contributed by atoms with Crippen molar-refractivity contribution in [2.45, 2.75) is 45.6 Å². The fourth-order valence-corrected chi connectivity index (χ4v) is 2.83. The van der Waals surface area contributed by atoms with Crippen molar-refractivity contribution in [3.63, 3.8) is 0 Å². The summed E-state index contributed by atoms with van der Waals surface area (Å²) in [6.45, 7) is 4.17. The van der Waals surface area contributed by atoms with Gasteiger partial charge in [0.05, 0.1) is 4.92 Å². The standard InChI is InChI=1S/C15H22N2O2/c1-15(9-3-2-4-10-15)12-16-11-13-5-7-14(8-6-13)17(18)19/h5-8,16H,2-4,9-12H2,1H3. The van der Waals surface area contributed by atoms with Gasteiger partial charge in [0, 0.05) is 25.2 Å². The maximum Gasteiger partial charge on any atom is 0.269 e. The summed E-state index contributed by atoms with van der Waals surface area (Å²) in [4.78, 5) is 10.2. The van der Waals surface area contributed by atoms with Crippen molar-refractivity contribution in [3.05, 3.63) is 39.9 Å². The lowest BCUT2D eigenvalue weighted by Gasteiger charge is -2.33. The molecule has 0 spiro atoms. The van der Waals surface area contributed by atoms with Crippen LogP contribution in [0.1, 0.15) is 44.6 Å². The zero-order valence-electron chi connectivity index (χ0n) is 11.5. The maximum absolute atomic E-state index is 10.6. The molecule has 0 heterocycles. The van der Waals surface area contributed by atoms with Crippen LogP contribution in [0.3, 0.4) is 0 Å². The minimum Gasteiger partial charge on any atom is -0.312 e. The highest BCUT2D eigenvalue weighted by molar-refractivity contribution is 5.32. The molecule has 19 heavy (non-hydrogen) atoms. The van der Waals surface area contributed by atoms with Crippen LogP contribution in [-0.2, 0) is 6.54 Å². The Kier molecular flexibility index (Phi) is 4.53. The third kappa shape index (κ3) is 4.03. The van der Waals surface area contributed by atoms with E-state index in [1.54, 1.807) is 12.1 Å². The molecule has 104 valence electrons. The smallest absolute Gasteiger partial charge is 0.269 e. The number of nitro benzene ring substituents is 1. The van der Waals surface area contributed by atoms with Crippen LogP contribution in [0.15, 0.2) is 24.3 Å². The van der Waals surface area contributed by atoms with Gasteiger partial charge in [-0.2, -0.15) is 0 Å². The van der Waals surface area contributed by atoms with Gasteiger partial charge in [0.2, 0.25) is 0 Å². The summed E-state index contributed by atoms with van der Waals surface area (Å²) in [5.41, 5.74) is 1.69. The Hall–Kier alpha value is -1.42. The molecule has 1 aromatic carbocycles. The quantitative estimate of drug-likeness (QED) is 0.651. The van der Waals surface area contributed by atoms with E-state index in [4.69, 9.17) is 0 Å². The van der Waals surface area contributed by atoms with Gasteiger partial charge in [-0.3, -0.25) is 10.1 Å². The minimum atomic E-state index is -0.361. The average molecular weight is 262 g/mol. The van der Waals surface area contributed by atoms with Crippen LogP contribution in [0, 0.1) is 15.5 Å². The predicted octanol–water partition coefficient (Wildman–Crippen LogP) is 3.65. The summed E-state index contributed by atoms with van der Waals surface area (Å²) in [5, 5.41) is 14.1. The maximum atomic E-state index is 10.6. The highest BCUT2D eigenvalue weighted by Gasteiger charge is 2.25. The summed E-state index contributed by atoms with van der Waals surface area (Å²) in [6, 6.07) is 6.79. The molecule has 4 heteroatoms. The van der Waals surface area contributed by atoms with E-state index < -0.39 is 0 Å². The molecule has 1 aliphatic carbocycles. The van der Waals surface area contributed by atoms with Crippen LogP contribution < -0.4 is 5.32 Å². The second-order valence-electron chi connectivity index (χ2n) is 5.90. The van der Waals surface area contributed by atoms with Gasteiger partial charge in [0.1, 0.15) is 0 Å². The second-order valence-corrected chi connectivity index (χ2v) is 5.90. The van der Waals surface area contributed by atoms with E-state index in [0.717, 1.165) is 18.7 Å². The van der Waals surface area contributed by atoms with Gasteiger partial charge in [-0.05, 0) is 23.8 Å². The van der Waals surface area contributed by atoms with Crippen molar-refractivity contribution in [2.24, 2.45) is 5.41 Å². The van der Waals surface area contributed by atoms with E-state index in [1.165, 1.54) is 32.1 Å². The summed E-state index contributed by atoms with van der Waals surface area (Å²) < 4.78 is 0. The average Bonchev–Trinajstić information content (AvgIpc) is 2.40. The number of hydrogen-bond donors (Lipinski definition) is 1.